The number of ether oxygens (including phenoxy) is 1. The smallest absolute Gasteiger partial charge is 0.157 e. The molecule has 2 aromatic heterocycles. The normalized spacial score (nSPS) is 19.4. The molecular weight excluding hydrogens is 430 g/mol. The molecule has 1 aromatic carbocycles. The summed E-state index contributed by atoms with van der Waals surface area (Å²) in [6, 6.07) is 12.9. The van der Waals surface area contributed by atoms with Crippen LogP contribution in [0, 0.1) is 17.2 Å². The zero-order valence-electron chi connectivity index (χ0n) is 16.4. The molecule has 150 valence electrons. The zero-order chi connectivity index (χ0) is 20.2. The fraction of sp³-hybridized carbons (Fsp3) is 0.409. The highest BCUT2D eigenvalue weighted by Gasteiger charge is 2.23. The van der Waals surface area contributed by atoms with Gasteiger partial charge >= 0.3 is 0 Å². The van der Waals surface area contributed by atoms with E-state index in [-0.39, 0.29) is 5.92 Å². The number of aromatic nitrogens is 3. The summed E-state index contributed by atoms with van der Waals surface area (Å²) < 4.78 is 6.84. The fourth-order valence-corrected chi connectivity index (χ4v) is 4.17. The fourth-order valence-electron chi connectivity index (χ4n) is 3.85. The molecule has 0 aliphatic heterocycles. The van der Waals surface area contributed by atoms with Gasteiger partial charge in [-0.3, -0.25) is 0 Å². The molecule has 3 aromatic rings. The lowest BCUT2D eigenvalue weighted by atomic mass is 9.86. The predicted molar refractivity (Wildman–Crippen MR) is 117 cm³/mol. The highest BCUT2D eigenvalue weighted by Crippen LogP contribution is 2.27. The lowest BCUT2D eigenvalue weighted by Gasteiger charge is -2.32. The van der Waals surface area contributed by atoms with Gasteiger partial charge in [0.05, 0.1) is 6.07 Å². The average Bonchev–Trinajstić information content (AvgIpc) is 3.17. The minimum absolute atomic E-state index is 0.249. The van der Waals surface area contributed by atoms with E-state index in [1.807, 2.05) is 30.3 Å². The zero-order valence-corrected chi connectivity index (χ0v) is 18.0. The molecule has 0 bridgehead atoms. The largest absolute Gasteiger partial charge is 0.492 e. The minimum atomic E-state index is 0.249. The highest BCUT2D eigenvalue weighted by atomic mass is 79.9. The second kappa shape index (κ2) is 8.93. The average molecular weight is 454 g/mol. The van der Waals surface area contributed by atoms with Gasteiger partial charge in [-0.1, -0.05) is 0 Å². The Kier molecular flexibility index (Phi) is 6.12. The van der Waals surface area contributed by atoms with Crippen molar-refractivity contribution in [2.24, 2.45) is 5.92 Å². The molecule has 0 radical (unpaired) electrons. The van der Waals surface area contributed by atoms with Gasteiger partial charge in [-0.15, -0.1) is 0 Å². The second-order valence-electron chi connectivity index (χ2n) is 7.59. The minimum Gasteiger partial charge on any atom is -0.492 e. The maximum absolute atomic E-state index is 9.03. The number of halogens is 1. The highest BCUT2D eigenvalue weighted by molar-refractivity contribution is 9.10. The molecule has 0 amide bonds. The predicted octanol–water partition coefficient (Wildman–Crippen LogP) is 4.78. The van der Waals surface area contributed by atoms with E-state index in [2.05, 4.69) is 48.9 Å². The van der Waals surface area contributed by atoms with Crippen molar-refractivity contribution in [3.05, 3.63) is 41.0 Å². The van der Waals surface area contributed by atoms with Crippen LogP contribution in [0.1, 0.15) is 25.7 Å². The number of nitrogens with zero attached hydrogens (tertiary/aromatic N) is 4. The van der Waals surface area contributed by atoms with Gasteiger partial charge in [0.1, 0.15) is 23.7 Å². The van der Waals surface area contributed by atoms with E-state index in [1.54, 1.807) is 6.20 Å². The van der Waals surface area contributed by atoms with Gasteiger partial charge in [-0.05, 0) is 79.0 Å². The van der Waals surface area contributed by atoms with E-state index in [0.29, 0.717) is 12.6 Å². The number of aromatic amines is 1. The number of imidazole rings is 1. The van der Waals surface area contributed by atoms with E-state index >= 15 is 0 Å². The molecule has 0 saturated heterocycles. The quantitative estimate of drug-likeness (QED) is 0.580. The summed E-state index contributed by atoms with van der Waals surface area (Å²) in [7, 11) is 2.15. The molecule has 4 rings (SSSR count). The molecule has 1 fully saturated rings. The maximum Gasteiger partial charge on any atom is 0.157 e. The molecule has 2 heterocycles. The third-order valence-electron chi connectivity index (χ3n) is 5.65. The summed E-state index contributed by atoms with van der Waals surface area (Å²) in [6.07, 6.45) is 6.00. The van der Waals surface area contributed by atoms with E-state index in [0.717, 1.165) is 65.0 Å². The first-order chi connectivity index (χ1) is 14.1. The number of hydrogen-bond acceptors (Lipinski definition) is 5. The number of pyridine rings is 1. The van der Waals surface area contributed by atoms with Gasteiger partial charge in [-0.2, -0.15) is 5.26 Å². The molecule has 1 saturated carbocycles. The Morgan fingerprint density at radius 1 is 1.24 bits per heavy atom. The maximum atomic E-state index is 9.03. The molecule has 0 atom stereocenters. The lowest BCUT2D eigenvalue weighted by Crippen LogP contribution is -2.37. The van der Waals surface area contributed by atoms with Crippen molar-refractivity contribution in [3.63, 3.8) is 0 Å². The monoisotopic (exact) mass is 453 g/mol. The summed E-state index contributed by atoms with van der Waals surface area (Å²) in [5.41, 5.74) is 2.61. The van der Waals surface area contributed by atoms with E-state index in [1.165, 1.54) is 0 Å². The van der Waals surface area contributed by atoms with Crippen molar-refractivity contribution in [2.75, 3.05) is 20.2 Å². The molecule has 7 heteroatoms. The Hall–Kier alpha value is -2.43. The Morgan fingerprint density at radius 3 is 2.72 bits per heavy atom. The van der Waals surface area contributed by atoms with Crippen molar-refractivity contribution in [1.82, 2.24) is 19.9 Å². The van der Waals surface area contributed by atoms with Crippen molar-refractivity contribution in [2.45, 2.75) is 31.7 Å². The Balaban J connectivity index is 1.30. The SMILES string of the molecule is CN(CCOc1ccc(-c2nc3cc(Br)cnc3[nH]2)cc1)C1CCC(C#N)CC1. The molecule has 1 aliphatic rings. The van der Waals surface area contributed by atoms with Gasteiger partial charge in [0, 0.05) is 34.7 Å². The van der Waals surface area contributed by atoms with Crippen LogP contribution in [0.3, 0.4) is 0 Å². The molecular formula is C22H24BrN5O. The molecule has 1 aliphatic carbocycles. The van der Waals surface area contributed by atoms with Crippen LogP contribution in [0.15, 0.2) is 41.0 Å². The summed E-state index contributed by atoms with van der Waals surface area (Å²) >= 11 is 3.42. The lowest BCUT2D eigenvalue weighted by molar-refractivity contribution is 0.151. The van der Waals surface area contributed by atoms with Crippen LogP contribution in [0.4, 0.5) is 0 Å². The van der Waals surface area contributed by atoms with Crippen LogP contribution >= 0.6 is 15.9 Å². The van der Waals surface area contributed by atoms with Crippen LogP contribution in [0.5, 0.6) is 5.75 Å². The van der Waals surface area contributed by atoms with Gasteiger partial charge in [0.25, 0.3) is 0 Å². The Bertz CT molecular complexity index is 1000. The Morgan fingerprint density at radius 2 is 2.00 bits per heavy atom. The number of likely N-dealkylation sites (N-methyl/N-ethyl adjacent to an activating group) is 1. The first-order valence-electron chi connectivity index (χ1n) is 9.97. The summed E-state index contributed by atoms with van der Waals surface area (Å²) in [5.74, 6) is 1.90. The topological polar surface area (TPSA) is 77.8 Å². The number of fused-ring (bicyclic) bond motifs is 1. The van der Waals surface area contributed by atoms with Crippen LogP contribution in [0.2, 0.25) is 0 Å². The summed E-state index contributed by atoms with van der Waals surface area (Å²) in [4.78, 5) is 14.6. The number of benzene rings is 1. The van der Waals surface area contributed by atoms with E-state index in [9.17, 15) is 0 Å². The first-order valence-corrected chi connectivity index (χ1v) is 10.8. The molecule has 1 N–H and O–H groups in total. The number of H-pyrrole nitrogens is 1. The molecule has 6 nitrogen and oxygen atoms in total. The van der Waals surface area contributed by atoms with Crippen LogP contribution in [0.25, 0.3) is 22.6 Å². The standard InChI is InChI=1S/C22H24BrN5O/c1-28(18-6-2-15(13-24)3-7-18)10-11-29-19-8-4-16(5-9-19)21-26-20-12-17(23)14-25-22(20)27-21/h4-5,8-9,12,14-15,18H,2-3,6-7,10-11H2,1H3,(H,25,26,27). The third kappa shape index (κ3) is 4.77. The van der Waals surface area contributed by atoms with Crippen LogP contribution in [-0.4, -0.2) is 46.1 Å². The van der Waals surface area contributed by atoms with Gasteiger partial charge in [0.2, 0.25) is 0 Å². The Labute approximate surface area is 179 Å². The van der Waals surface area contributed by atoms with Crippen LogP contribution < -0.4 is 4.74 Å². The summed E-state index contributed by atoms with van der Waals surface area (Å²) in [5, 5.41) is 9.03. The van der Waals surface area contributed by atoms with E-state index < -0.39 is 0 Å². The summed E-state index contributed by atoms with van der Waals surface area (Å²) in [6.45, 7) is 1.53. The van der Waals surface area contributed by atoms with Crippen molar-refractivity contribution in [1.29, 1.82) is 5.26 Å². The molecule has 0 spiro atoms. The number of hydrogen-bond donors (Lipinski definition) is 1. The van der Waals surface area contributed by atoms with Crippen LogP contribution in [-0.2, 0) is 0 Å². The van der Waals surface area contributed by atoms with Crippen molar-refractivity contribution >= 4 is 27.1 Å². The molecule has 29 heavy (non-hydrogen) atoms. The number of nitrogens with one attached hydrogen (secondary N) is 1. The molecule has 0 unspecified atom stereocenters. The second-order valence-corrected chi connectivity index (χ2v) is 8.51. The van der Waals surface area contributed by atoms with Crippen molar-refractivity contribution in [3.8, 4) is 23.2 Å². The van der Waals surface area contributed by atoms with Gasteiger partial charge in [-0.25, -0.2) is 9.97 Å². The van der Waals surface area contributed by atoms with Gasteiger partial charge in [0.15, 0.2) is 5.65 Å². The van der Waals surface area contributed by atoms with Gasteiger partial charge < -0.3 is 14.6 Å². The third-order valence-corrected chi connectivity index (χ3v) is 6.08. The number of nitriles is 1. The first kappa shape index (κ1) is 19.9. The van der Waals surface area contributed by atoms with E-state index in [4.69, 9.17) is 10.00 Å². The van der Waals surface area contributed by atoms with Crippen molar-refractivity contribution < 1.29 is 4.74 Å². The number of rotatable bonds is 6.